The number of rotatable bonds is 3. The van der Waals surface area contributed by atoms with Gasteiger partial charge in [-0.25, -0.2) is 4.79 Å². The van der Waals surface area contributed by atoms with Gasteiger partial charge in [0.05, 0.1) is 0 Å². The zero-order valence-corrected chi connectivity index (χ0v) is 13.4. The van der Waals surface area contributed by atoms with Crippen molar-refractivity contribution in [2.24, 2.45) is 0 Å². The zero-order valence-electron chi connectivity index (χ0n) is 13.4. The van der Waals surface area contributed by atoms with Gasteiger partial charge in [-0.2, -0.15) is 0 Å². The molecule has 5 heteroatoms. The van der Waals surface area contributed by atoms with Crippen LogP contribution in [0.4, 0.5) is 0 Å². The van der Waals surface area contributed by atoms with E-state index in [1.54, 1.807) is 13.0 Å². The van der Waals surface area contributed by atoms with Gasteiger partial charge >= 0.3 is 5.97 Å². The molecule has 1 atom stereocenters. The fourth-order valence-electron chi connectivity index (χ4n) is 3.01. The molecular weight excluding hydrogens is 292 g/mol. The molecule has 0 saturated carbocycles. The SMILES string of the molecule is CC(OC(=O)c1cc2ccccc2[nH]1)C(=O)N1CCCCCC1. The summed E-state index contributed by atoms with van der Waals surface area (Å²) in [5, 5.41) is 0.950. The van der Waals surface area contributed by atoms with Gasteiger partial charge in [-0.15, -0.1) is 0 Å². The summed E-state index contributed by atoms with van der Waals surface area (Å²) in [7, 11) is 0. The van der Waals surface area contributed by atoms with Gasteiger partial charge in [-0.05, 0) is 31.9 Å². The normalized spacial score (nSPS) is 16.8. The van der Waals surface area contributed by atoms with E-state index in [1.165, 1.54) is 0 Å². The average Bonchev–Trinajstić information content (AvgIpc) is 2.81. The predicted molar refractivity (Wildman–Crippen MR) is 88.2 cm³/mol. The molecule has 1 fully saturated rings. The summed E-state index contributed by atoms with van der Waals surface area (Å²) in [4.78, 5) is 29.5. The zero-order chi connectivity index (χ0) is 16.2. The number of aromatic amines is 1. The Bertz CT molecular complexity index is 666. The van der Waals surface area contributed by atoms with E-state index >= 15 is 0 Å². The number of likely N-dealkylation sites (tertiary alicyclic amines) is 1. The summed E-state index contributed by atoms with van der Waals surface area (Å²) in [6, 6.07) is 9.39. The number of H-pyrrole nitrogens is 1. The second-order valence-electron chi connectivity index (χ2n) is 6.06. The molecule has 1 amide bonds. The minimum absolute atomic E-state index is 0.101. The number of fused-ring (bicyclic) bond motifs is 1. The first-order chi connectivity index (χ1) is 11.1. The smallest absolute Gasteiger partial charge is 0.355 e. The van der Waals surface area contributed by atoms with Crippen LogP contribution in [0.15, 0.2) is 30.3 Å². The first kappa shape index (κ1) is 15.6. The third kappa shape index (κ3) is 3.55. The summed E-state index contributed by atoms with van der Waals surface area (Å²) < 4.78 is 5.36. The van der Waals surface area contributed by atoms with Crippen LogP contribution in [0.5, 0.6) is 0 Å². The maximum atomic E-state index is 12.4. The van der Waals surface area contributed by atoms with E-state index in [9.17, 15) is 9.59 Å². The van der Waals surface area contributed by atoms with Crippen molar-refractivity contribution in [2.75, 3.05) is 13.1 Å². The van der Waals surface area contributed by atoms with Crippen LogP contribution in [0, 0.1) is 0 Å². The Morgan fingerprint density at radius 2 is 1.83 bits per heavy atom. The number of carbonyl (C=O) groups excluding carboxylic acids is 2. The van der Waals surface area contributed by atoms with E-state index in [4.69, 9.17) is 4.74 Å². The topological polar surface area (TPSA) is 62.4 Å². The van der Waals surface area contributed by atoms with Crippen LogP contribution in [0.3, 0.4) is 0 Å². The van der Waals surface area contributed by atoms with Gasteiger partial charge in [-0.1, -0.05) is 31.0 Å². The number of ether oxygens (including phenoxy) is 1. The standard InChI is InChI=1S/C18H22N2O3/c1-13(17(21)20-10-6-2-3-7-11-20)23-18(22)16-12-14-8-4-5-9-15(14)19-16/h4-5,8-9,12-13,19H,2-3,6-7,10-11H2,1H3. The minimum Gasteiger partial charge on any atom is -0.448 e. The lowest BCUT2D eigenvalue weighted by Gasteiger charge is -2.23. The number of hydrogen-bond donors (Lipinski definition) is 1. The molecule has 122 valence electrons. The second kappa shape index (κ2) is 6.86. The third-order valence-corrected chi connectivity index (χ3v) is 4.30. The lowest BCUT2D eigenvalue weighted by Crippen LogP contribution is -2.40. The van der Waals surface area contributed by atoms with Crippen LogP contribution in [0.25, 0.3) is 10.9 Å². The Morgan fingerprint density at radius 3 is 2.52 bits per heavy atom. The van der Waals surface area contributed by atoms with Gasteiger partial charge in [0.25, 0.3) is 5.91 Å². The molecule has 0 spiro atoms. The summed E-state index contributed by atoms with van der Waals surface area (Å²) in [6.07, 6.45) is 3.61. The van der Waals surface area contributed by atoms with E-state index in [-0.39, 0.29) is 5.91 Å². The van der Waals surface area contributed by atoms with E-state index in [1.807, 2.05) is 29.2 Å². The van der Waals surface area contributed by atoms with Crippen molar-refractivity contribution in [3.63, 3.8) is 0 Å². The highest BCUT2D eigenvalue weighted by molar-refractivity contribution is 5.96. The molecule has 0 radical (unpaired) electrons. The van der Waals surface area contributed by atoms with Crippen molar-refractivity contribution in [2.45, 2.75) is 38.7 Å². The highest BCUT2D eigenvalue weighted by Crippen LogP contribution is 2.17. The molecule has 5 nitrogen and oxygen atoms in total. The van der Waals surface area contributed by atoms with Gasteiger partial charge in [0, 0.05) is 24.0 Å². The van der Waals surface area contributed by atoms with Crippen molar-refractivity contribution in [1.82, 2.24) is 9.88 Å². The molecule has 0 bridgehead atoms. The molecule has 2 heterocycles. The fraction of sp³-hybridized carbons (Fsp3) is 0.444. The molecular formula is C18H22N2O3. The van der Waals surface area contributed by atoms with E-state index in [0.717, 1.165) is 49.7 Å². The summed E-state index contributed by atoms with van der Waals surface area (Å²) >= 11 is 0. The van der Waals surface area contributed by atoms with Crippen LogP contribution in [0.2, 0.25) is 0 Å². The van der Waals surface area contributed by atoms with Crippen molar-refractivity contribution >= 4 is 22.8 Å². The first-order valence-electron chi connectivity index (χ1n) is 8.22. The number of amides is 1. The van der Waals surface area contributed by atoms with Gasteiger partial charge < -0.3 is 14.6 Å². The Balaban J connectivity index is 1.65. The number of hydrogen-bond acceptors (Lipinski definition) is 3. The first-order valence-corrected chi connectivity index (χ1v) is 8.22. The summed E-state index contributed by atoms with van der Waals surface area (Å²) in [5.41, 5.74) is 1.26. The average molecular weight is 314 g/mol. The number of aromatic nitrogens is 1. The van der Waals surface area contributed by atoms with Crippen molar-refractivity contribution in [3.8, 4) is 0 Å². The molecule has 1 aliphatic heterocycles. The Labute approximate surface area is 135 Å². The minimum atomic E-state index is -0.757. The van der Waals surface area contributed by atoms with Crippen LogP contribution < -0.4 is 0 Å². The number of nitrogens with one attached hydrogen (secondary N) is 1. The molecule has 1 aliphatic rings. The van der Waals surface area contributed by atoms with Crippen LogP contribution in [0.1, 0.15) is 43.1 Å². The molecule has 1 aromatic heterocycles. The molecule has 1 saturated heterocycles. The van der Waals surface area contributed by atoms with Gasteiger partial charge in [0.15, 0.2) is 6.10 Å². The van der Waals surface area contributed by atoms with E-state index < -0.39 is 12.1 Å². The molecule has 1 N–H and O–H groups in total. The number of esters is 1. The molecule has 1 unspecified atom stereocenters. The Morgan fingerprint density at radius 1 is 1.13 bits per heavy atom. The van der Waals surface area contributed by atoms with Crippen molar-refractivity contribution in [1.29, 1.82) is 0 Å². The van der Waals surface area contributed by atoms with Crippen LogP contribution in [-0.4, -0.2) is 41.0 Å². The molecule has 0 aliphatic carbocycles. The quantitative estimate of drug-likeness (QED) is 0.885. The van der Waals surface area contributed by atoms with Gasteiger partial charge in [0.1, 0.15) is 5.69 Å². The number of benzene rings is 1. The molecule has 1 aromatic carbocycles. The van der Waals surface area contributed by atoms with E-state index in [2.05, 4.69) is 4.98 Å². The third-order valence-electron chi connectivity index (χ3n) is 4.30. The van der Waals surface area contributed by atoms with Crippen molar-refractivity contribution in [3.05, 3.63) is 36.0 Å². The number of para-hydroxylation sites is 1. The summed E-state index contributed by atoms with van der Waals surface area (Å²) in [5.74, 6) is -0.590. The lowest BCUT2D eigenvalue weighted by molar-refractivity contribution is -0.139. The summed E-state index contributed by atoms with van der Waals surface area (Å²) in [6.45, 7) is 3.16. The number of carbonyl (C=O) groups is 2. The lowest BCUT2D eigenvalue weighted by atomic mass is 10.2. The van der Waals surface area contributed by atoms with Gasteiger partial charge in [0.2, 0.25) is 0 Å². The maximum absolute atomic E-state index is 12.4. The molecule has 3 rings (SSSR count). The Hall–Kier alpha value is -2.30. The monoisotopic (exact) mass is 314 g/mol. The second-order valence-corrected chi connectivity index (χ2v) is 6.06. The van der Waals surface area contributed by atoms with Gasteiger partial charge in [-0.3, -0.25) is 4.79 Å². The van der Waals surface area contributed by atoms with Crippen LogP contribution in [-0.2, 0) is 9.53 Å². The molecule has 2 aromatic rings. The van der Waals surface area contributed by atoms with E-state index in [0.29, 0.717) is 5.69 Å². The largest absolute Gasteiger partial charge is 0.448 e. The number of nitrogens with zero attached hydrogens (tertiary/aromatic N) is 1. The van der Waals surface area contributed by atoms with Crippen LogP contribution >= 0.6 is 0 Å². The highest BCUT2D eigenvalue weighted by Gasteiger charge is 2.25. The Kier molecular flexibility index (Phi) is 4.65. The fourth-order valence-corrected chi connectivity index (χ4v) is 3.01. The predicted octanol–water partition coefficient (Wildman–Crippen LogP) is 3.12. The van der Waals surface area contributed by atoms with Crippen molar-refractivity contribution < 1.29 is 14.3 Å². The molecule has 23 heavy (non-hydrogen) atoms. The highest BCUT2D eigenvalue weighted by atomic mass is 16.5. The maximum Gasteiger partial charge on any atom is 0.355 e.